The molecule has 4 nitrogen and oxygen atoms in total. The second kappa shape index (κ2) is 10.3. The quantitative estimate of drug-likeness (QED) is 0.625. The molecule has 1 aromatic carbocycles. The lowest BCUT2D eigenvalue weighted by atomic mass is 9.98. The van der Waals surface area contributed by atoms with Crippen LogP contribution < -0.4 is 10.2 Å². The number of anilines is 1. The van der Waals surface area contributed by atoms with Crippen LogP contribution in [-0.4, -0.2) is 17.9 Å². The van der Waals surface area contributed by atoms with Crippen LogP contribution in [0.1, 0.15) is 81.8 Å². The van der Waals surface area contributed by atoms with Gasteiger partial charge in [-0.25, -0.2) is 4.90 Å². The highest BCUT2D eigenvalue weighted by atomic mass is 35.5. The molecule has 0 atom stereocenters. The molecular weight excluding hydrogens is 384 g/mol. The molecule has 0 radical (unpaired) electrons. The largest absolute Gasteiger partial charge is 0.376 e. The first-order valence-corrected chi connectivity index (χ1v) is 11.5. The van der Waals surface area contributed by atoms with E-state index in [1.807, 2.05) is 26.0 Å². The van der Waals surface area contributed by atoms with Crippen molar-refractivity contribution >= 4 is 29.1 Å². The second-order valence-electron chi connectivity index (χ2n) is 8.50. The first-order chi connectivity index (χ1) is 14.0. The fourth-order valence-corrected chi connectivity index (χ4v) is 4.46. The van der Waals surface area contributed by atoms with Crippen molar-refractivity contribution < 1.29 is 9.59 Å². The third kappa shape index (κ3) is 5.42. The van der Waals surface area contributed by atoms with Gasteiger partial charge in [-0.1, -0.05) is 75.5 Å². The summed E-state index contributed by atoms with van der Waals surface area (Å²) in [7, 11) is 0. The standard InChI is InChI=1S/C24H33ClN2O2/c1-17-14-15-20(16-18(17)2)27-23(28)21(25)22(24(27)29)26-19-12-10-8-6-4-3-5-7-9-11-13-19/h14-16,19,26H,3-13H2,1-2H3. The Morgan fingerprint density at radius 1 is 0.828 bits per heavy atom. The number of imide groups is 1. The zero-order valence-corrected chi connectivity index (χ0v) is 18.5. The minimum absolute atomic E-state index is 0.0133. The van der Waals surface area contributed by atoms with E-state index in [1.165, 1.54) is 49.8 Å². The molecule has 0 unspecified atom stereocenters. The first kappa shape index (κ1) is 21.9. The van der Waals surface area contributed by atoms with E-state index in [9.17, 15) is 9.59 Å². The first-order valence-electron chi connectivity index (χ1n) is 11.1. The van der Waals surface area contributed by atoms with E-state index in [0.717, 1.165) is 36.8 Å². The van der Waals surface area contributed by atoms with Crippen molar-refractivity contribution in [2.45, 2.75) is 90.5 Å². The number of rotatable bonds is 3. The van der Waals surface area contributed by atoms with Gasteiger partial charge in [-0.15, -0.1) is 0 Å². The van der Waals surface area contributed by atoms with Crippen LogP contribution in [0.5, 0.6) is 0 Å². The van der Waals surface area contributed by atoms with Gasteiger partial charge in [0.2, 0.25) is 0 Å². The number of benzene rings is 1. The maximum atomic E-state index is 13.1. The van der Waals surface area contributed by atoms with Gasteiger partial charge in [0.05, 0.1) is 5.69 Å². The van der Waals surface area contributed by atoms with Gasteiger partial charge in [-0.2, -0.15) is 0 Å². The van der Waals surface area contributed by atoms with E-state index in [0.29, 0.717) is 5.69 Å². The van der Waals surface area contributed by atoms with Gasteiger partial charge in [0, 0.05) is 6.04 Å². The fourth-order valence-electron chi connectivity index (χ4n) is 4.24. The number of hydrogen-bond acceptors (Lipinski definition) is 3. The topological polar surface area (TPSA) is 49.4 Å². The Hall–Kier alpha value is -1.81. The summed E-state index contributed by atoms with van der Waals surface area (Å²) >= 11 is 6.34. The molecule has 1 fully saturated rings. The molecular formula is C24H33ClN2O2. The molecule has 1 heterocycles. The van der Waals surface area contributed by atoms with Crippen LogP contribution in [0.3, 0.4) is 0 Å². The number of nitrogens with zero attached hydrogens (tertiary/aromatic N) is 1. The molecule has 1 saturated carbocycles. The van der Waals surface area contributed by atoms with Gasteiger partial charge in [-0.3, -0.25) is 9.59 Å². The molecule has 3 rings (SSSR count). The molecule has 2 amide bonds. The Morgan fingerprint density at radius 3 is 1.93 bits per heavy atom. The molecule has 2 aliphatic rings. The lowest BCUT2D eigenvalue weighted by molar-refractivity contribution is -0.120. The highest BCUT2D eigenvalue weighted by Crippen LogP contribution is 2.30. The average Bonchev–Trinajstić information content (AvgIpc) is 2.89. The number of aryl methyl sites for hydroxylation is 2. The highest BCUT2D eigenvalue weighted by Gasteiger charge is 2.39. The van der Waals surface area contributed by atoms with Gasteiger partial charge >= 0.3 is 0 Å². The predicted molar refractivity (Wildman–Crippen MR) is 119 cm³/mol. The monoisotopic (exact) mass is 416 g/mol. The van der Waals surface area contributed by atoms with Crippen LogP contribution in [-0.2, 0) is 9.59 Å². The van der Waals surface area contributed by atoms with E-state index < -0.39 is 5.91 Å². The highest BCUT2D eigenvalue weighted by molar-refractivity contribution is 6.52. The van der Waals surface area contributed by atoms with Gasteiger partial charge in [0.25, 0.3) is 11.8 Å². The van der Waals surface area contributed by atoms with Gasteiger partial charge in [-0.05, 0) is 49.9 Å². The van der Waals surface area contributed by atoms with Crippen LogP contribution in [0.25, 0.3) is 0 Å². The molecule has 158 valence electrons. The number of nitrogens with one attached hydrogen (secondary N) is 1. The summed E-state index contributed by atoms with van der Waals surface area (Å²) < 4.78 is 0. The molecule has 1 aliphatic carbocycles. The Balaban J connectivity index is 1.71. The molecule has 0 bridgehead atoms. The van der Waals surface area contributed by atoms with Gasteiger partial charge < -0.3 is 5.32 Å². The summed E-state index contributed by atoms with van der Waals surface area (Å²) in [5.74, 6) is -0.773. The molecule has 0 aromatic heterocycles. The van der Waals surface area contributed by atoms with E-state index >= 15 is 0 Å². The van der Waals surface area contributed by atoms with Crippen LogP contribution in [0.15, 0.2) is 28.9 Å². The van der Waals surface area contributed by atoms with Crippen molar-refractivity contribution in [3.8, 4) is 0 Å². The Kier molecular flexibility index (Phi) is 7.77. The lowest BCUT2D eigenvalue weighted by Gasteiger charge is -2.22. The number of carbonyl (C=O) groups excluding carboxylic acids is 2. The van der Waals surface area contributed by atoms with Crippen LogP contribution >= 0.6 is 11.6 Å². The predicted octanol–water partition coefficient (Wildman–Crippen LogP) is 5.89. The van der Waals surface area contributed by atoms with Crippen molar-refractivity contribution in [2.75, 3.05) is 4.90 Å². The van der Waals surface area contributed by atoms with Crippen molar-refractivity contribution in [1.29, 1.82) is 0 Å². The Morgan fingerprint density at radius 2 is 1.38 bits per heavy atom. The average molecular weight is 417 g/mol. The van der Waals surface area contributed by atoms with Crippen LogP contribution in [0.4, 0.5) is 5.69 Å². The minimum atomic E-state index is -0.435. The SMILES string of the molecule is Cc1ccc(N2C(=O)C(Cl)=C(NC3CCCCCCCCCCC3)C2=O)cc1C. The van der Waals surface area contributed by atoms with E-state index in [-0.39, 0.29) is 22.7 Å². The zero-order valence-electron chi connectivity index (χ0n) is 17.7. The molecule has 29 heavy (non-hydrogen) atoms. The van der Waals surface area contributed by atoms with Gasteiger partial charge in [0.1, 0.15) is 10.7 Å². The fraction of sp³-hybridized carbons (Fsp3) is 0.583. The molecule has 5 heteroatoms. The maximum Gasteiger partial charge on any atom is 0.283 e. The number of amides is 2. The summed E-state index contributed by atoms with van der Waals surface area (Å²) in [5, 5.41) is 3.37. The maximum absolute atomic E-state index is 13.1. The molecule has 0 saturated heterocycles. The number of halogens is 1. The smallest absolute Gasteiger partial charge is 0.283 e. The Bertz CT molecular complexity index is 775. The van der Waals surface area contributed by atoms with E-state index in [1.54, 1.807) is 6.07 Å². The minimum Gasteiger partial charge on any atom is -0.376 e. The van der Waals surface area contributed by atoms with E-state index in [2.05, 4.69) is 5.32 Å². The Labute approximate surface area is 179 Å². The molecule has 1 aliphatic heterocycles. The summed E-state index contributed by atoms with van der Waals surface area (Å²) in [6.07, 6.45) is 13.4. The summed E-state index contributed by atoms with van der Waals surface area (Å²) in [6, 6.07) is 5.79. The van der Waals surface area contributed by atoms with Crippen LogP contribution in [0.2, 0.25) is 0 Å². The van der Waals surface area contributed by atoms with Crippen molar-refractivity contribution in [3.63, 3.8) is 0 Å². The molecule has 1 aromatic rings. The second-order valence-corrected chi connectivity index (χ2v) is 8.88. The third-order valence-corrected chi connectivity index (χ3v) is 6.58. The van der Waals surface area contributed by atoms with Crippen LogP contribution in [0, 0.1) is 13.8 Å². The lowest BCUT2D eigenvalue weighted by Crippen LogP contribution is -2.37. The number of hydrogen-bond donors (Lipinski definition) is 1. The third-order valence-electron chi connectivity index (χ3n) is 6.23. The van der Waals surface area contributed by atoms with Gasteiger partial charge in [0.15, 0.2) is 0 Å². The van der Waals surface area contributed by atoms with Crippen molar-refractivity contribution in [3.05, 3.63) is 40.1 Å². The molecule has 0 spiro atoms. The summed E-state index contributed by atoms with van der Waals surface area (Å²) in [5.41, 5.74) is 3.02. The van der Waals surface area contributed by atoms with Crippen molar-refractivity contribution in [1.82, 2.24) is 5.32 Å². The summed E-state index contributed by atoms with van der Waals surface area (Å²) in [6.45, 7) is 3.98. The normalized spacial score (nSPS) is 20.6. The van der Waals surface area contributed by atoms with Crippen molar-refractivity contribution in [2.24, 2.45) is 0 Å². The summed E-state index contributed by atoms with van der Waals surface area (Å²) in [4.78, 5) is 27.0. The zero-order chi connectivity index (χ0) is 20.8. The molecule has 1 N–H and O–H groups in total. The number of carbonyl (C=O) groups is 2. The van der Waals surface area contributed by atoms with E-state index in [4.69, 9.17) is 11.6 Å².